The van der Waals surface area contributed by atoms with Crippen molar-refractivity contribution in [1.29, 1.82) is 0 Å². The third kappa shape index (κ3) is 6.54. The van der Waals surface area contributed by atoms with Gasteiger partial charge in [-0.3, -0.25) is 0 Å². The van der Waals surface area contributed by atoms with E-state index in [1.807, 2.05) is 0 Å². The van der Waals surface area contributed by atoms with E-state index in [4.69, 9.17) is 0 Å². The Morgan fingerprint density at radius 1 is 1.27 bits per heavy atom. The van der Waals surface area contributed by atoms with Crippen molar-refractivity contribution in [3.05, 3.63) is 23.8 Å². The summed E-state index contributed by atoms with van der Waals surface area (Å²) >= 11 is 0. The van der Waals surface area contributed by atoms with Gasteiger partial charge in [0, 0.05) is 0 Å². The van der Waals surface area contributed by atoms with Gasteiger partial charge in [-0.25, -0.2) is 0 Å². The number of rotatable bonds is 8. The Hall–Kier alpha value is -0.520. The van der Waals surface area contributed by atoms with Crippen LogP contribution in [0.25, 0.3) is 0 Å². The van der Waals surface area contributed by atoms with Crippen LogP contribution in [-0.4, -0.2) is 0 Å². The van der Waals surface area contributed by atoms with Crippen LogP contribution < -0.4 is 0 Å². The van der Waals surface area contributed by atoms with Crippen molar-refractivity contribution >= 4 is 0 Å². The summed E-state index contributed by atoms with van der Waals surface area (Å²) in [7, 11) is 0. The molecule has 0 nitrogen and oxygen atoms in total. The highest BCUT2D eigenvalue weighted by Crippen LogP contribution is 2.22. The van der Waals surface area contributed by atoms with E-state index in [0.29, 0.717) is 0 Å². The first-order valence-corrected chi connectivity index (χ1v) is 6.46. The summed E-state index contributed by atoms with van der Waals surface area (Å²) in [6.07, 6.45) is 9.75. The molecule has 0 saturated carbocycles. The molecular formula is C15H28. The second kappa shape index (κ2) is 8.76. The van der Waals surface area contributed by atoms with Gasteiger partial charge in [-0.2, -0.15) is 0 Å². The summed E-state index contributed by atoms with van der Waals surface area (Å²) in [5, 5.41) is 0. The van der Waals surface area contributed by atoms with Gasteiger partial charge in [0.15, 0.2) is 0 Å². The zero-order chi connectivity index (χ0) is 11.7. The lowest BCUT2D eigenvalue weighted by atomic mass is 9.92. The number of hydrogen-bond donors (Lipinski definition) is 0. The third-order valence-corrected chi connectivity index (χ3v) is 3.05. The van der Waals surface area contributed by atoms with Crippen LogP contribution in [0.4, 0.5) is 0 Å². The molecule has 0 aromatic heterocycles. The Kier molecular flexibility index (Phi) is 8.46. The molecule has 0 aromatic rings. The summed E-state index contributed by atoms with van der Waals surface area (Å²) in [6, 6.07) is 0. The summed E-state index contributed by atoms with van der Waals surface area (Å²) in [6.45, 7) is 13.1. The van der Waals surface area contributed by atoms with Crippen molar-refractivity contribution in [1.82, 2.24) is 0 Å². The molecule has 1 unspecified atom stereocenters. The van der Waals surface area contributed by atoms with Crippen LogP contribution >= 0.6 is 0 Å². The van der Waals surface area contributed by atoms with Gasteiger partial charge in [-0.1, -0.05) is 58.3 Å². The molecule has 88 valence electrons. The molecule has 15 heavy (non-hydrogen) atoms. The number of unbranched alkanes of at least 4 members (excludes halogenated alkanes) is 1. The smallest absolute Gasteiger partial charge is 0.0254 e. The number of allylic oxidation sites excluding steroid dienone is 3. The minimum atomic E-state index is 0.805. The second-order valence-corrected chi connectivity index (χ2v) is 4.71. The van der Waals surface area contributed by atoms with Gasteiger partial charge in [0.05, 0.1) is 0 Å². The van der Waals surface area contributed by atoms with Crippen molar-refractivity contribution in [2.45, 2.75) is 66.2 Å². The molecule has 0 fully saturated rings. The minimum Gasteiger partial charge on any atom is -0.0988 e. The van der Waals surface area contributed by atoms with E-state index >= 15 is 0 Å². The van der Waals surface area contributed by atoms with E-state index in [-0.39, 0.29) is 0 Å². The maximum Gasteiger partial charge on any atom is -0.0254 e. The lowest BCUT2D eigenvalue weighted by Crippen LogP contribution is -1.97. The van der Waals surface area contributed by atoms with E-state index in [2.05, 4.69) is 40.3 Å². The van der Waals surface area contributed by atoms with Gasteiger partial charge in [0.1, 0.15) is 0 Å². The Balaban J connectivity index is 4.25. The molecular weight excluding hydrogens is 180 g/mol. The summed E-state index contributed by atoms with van der Waals surface area (Å²) in [5.74, 6) is 0.805. The Morgan fingerprint density at radius 2 is 1.93 bits per heavy atom. The van der Waals surface area contributed by atoms with Gasteiger partial charge >= 0.3 is 0 Å². The van der Waals surface area contributed by atoms with Crippen molar-refractivity contribution in [2.75, 3.05) is 0 Å². The van der Waals surface area contributed by atoms with Gasteiger partial charge in [0.2, 0.25) is 0 Å². The van der Waals surface area contributed by atoms with E-state index in [9.17, 15) is 0 Å². The monoisotopic (exact) mass is 208 g/mol. The van der Waals surface area contributed by atoms with Crippen molar-refractivity contribution < 1.29 is 0 Å². The molecule has 0 bridgehead atoms. The minimum absolute atomic E-state index is 0.805. The van der Waals surface area contributed by atoms with Crippen LogP contribution in [0.5, 0.6) is 0 Å². The van der Waals surface area contributed by atoms with Crippen LogP contribution in [0.3, 0.4) is 0 Å². The largest absolute Gasteiger partial charge is 0.0988 e. The van der Waals surface area contributed by atoms with Crippen LogP contribution in [0.1, 0.15) is 66.2 Å². The van der Waals surface area contributed by atoms with Crippen molar-refractivity contribution in [3.8, 4) is 0 Å². The second-order valence-electron chi connectivity index (χ2n) is 4.71. The fourth-order valence-corrected chi connectivity index (χ4v) is 2.00. The number of hydrogen-bond acceptors (Lipinski definition) is 0. The molecule has 0 spiro atoms. The molecule has 0 heteroatoms. The lowest BCUT2D eigenvalue weighted by Gasteiger charge is -2.13. The first-order valence-electron chi connectivity index (χ1n) is 6.46. The molecule has 1 atom stereocenters. The van der Waals surface area contributed by atoms with E-state index in [1.165, 1.54) is 44.1 Å². The normalized spacial score (nSPS) is 14.7. The molecule has 0 aliphatic rings. The molecule has 0 aliphatic carbocycles. The average molecular weight is 208 g/mol. The van der Waals surface area contributed by atoms with Crippen molar-refractivity contribution in [2.24, 2.45) is 5.92 Å². The van der Waals surface area contributed by atoms with Gasteiger partial charge in [-0.05, 0) is 37.7 Å². The quantitative estimate of drug-likeness (QED) is 0.462. The predicted octanol–water partition coefficient (Wildman–Crippen LogP) is 5.51. The van der Waals surface area contributed by atoms with Crippen molar-refractivity contribution in [3.63, 3.8) is 0 Å². The maximum absolute atomic E-state index is 3.95. The topological polar surface area (TPSA) is 0 Å². The Bertz CT molecular complexity index is 198. The van der Waals surface area contributed by atoms with Crippen LogP contribution in [-0.2, 0) is 0 Å². The SMILES string of the molecule is C=CC(CC(C)CCC)=C(C)CCCC. The van der Waals surface area contributed by atoms with E-state index in [0.717, 1.165) is 5.92 Å². The third-order valence-electron chi connectivity index (χ3n) is 3.05. The van der Waals surface area contributed by atoms with Gasteiger partial charge < -0.3 is 0 Å². The maximum atomic E-state index is 3.95. The van der Waals surface area contributed by atoms with E-state index in [1.54, 1.807) is 5.57 Å². The predicted molar refractivity (Wildman–Crippen MR) is 71.1 cm³/mol. The van der Waals surface area contributed by atoms with Crippen LogP contribution in [0.15, 0.2) is 23.8 Å². The average Bonchev–Trinajstić information content (AvgIpc) is 2.22. The van der Waals surface area contributed by atoms with Gasteiger partial charge in [-0.15, -0.1) is 0 Å². The van der Waals surface area contributed by atoms with Crippen LogP contribution in [0, 0.1) is 5.92 Å². The fraction of sp³-hybridized carbons (Fsp3) is 0.733. The fourth-order valence-electron chi connectivity index (χ4n) is 2.00. The molecule has 0 N–H and O–H groups in total. The molecule has 0 heterocycles. The highest BCUT2D eigenvalue weighted by atomic mass is 14.1. The molecule has 0 rings (SSSR count). The summed E-state index contributed by atoms with van der Waals surface area (Å²) in [5.41, 5.74) is 3.04. The zero-order valence-corrected chi connectivity index (χ0v) is 11.1. The summed E-state index contributed by atoms with van der Waals surface area (Å²) < 4.78 is 0. The summed E-state index contributed by atoms with van der Waals surface area (Å²) in [4.78, 5) is 0. The van der Waals surface area contributed by atoms with E-state index < -0.39 is 0 Å². The standard InChI is InChI=1S/C15H28/c1-6-9-11-14(5)15(8-3)12-13(4)10-7-2/h8,13H,3,6-7,9-12H2,1-2,4-5H3. The van der Waals surface area contributed by atoms with Crippen LogP contribution in [0.2, 0.25) is 0 Å². The highest BCUT2D eigenvalue weighted by Gasteiger charge is 2.05. The highest BCUT2D eigenvalue weighted by molar-refractivity contribution is 5.23. The molecule has 0 aliphatic heterocycles. The zero-order valence-electron chi connectivity index (χ0n) is 11.1. The Morgan fingerprint density at radius 3 is 2.40 bits per heavy atom. The first-order chi connectivity index (χ1) is 7.15. The molecule has 0 aromatic carbocycles. The first kappa shape index (κ1) is 14.5. The molecule has 0 saturated heterocycles. The van der Waals surface area contributed by atoms with Gasteiger partial charge in [0.25, 0.3) is 0 Å². The lowest BCUT2D eigenvalue weighted by molar-refractivity contribution is 0.521. The Labute approximate surface area is 96.5 Å². The molecule has 0 radical (unpaired) electrons. The molecule has 0 amide bonds.